The molecule has 2 aromatic carbocycles. The summed E-state index contributed by atoms with van der Waals surface area (Å²) in [6.07, 6.45) is 1.47. The fourth-order valence-corrected chi connectivity index (χ4v) is 2.41. The maximum Gasteiger partial charge on any atom is 0.354 e. The molecule has 0 N–H and O–H groups in total. The smallest absolute Gasteiger partial charge is 0.354 e. The normalized spacial score (nSPS) is 11.6. The van der Waals surface area contributed by atoms with Crippen LogP contribution in [0, 0.1) is 11.3 Å². The maximum absolute atomic E-state index is 12.5. The Morgan fingerprint density at radius 3 is 2.24 bits per heavy atom. The highest BCUT2D eigenvalue weighted by atomic mass is 16.5. The van der Waals surface area contributed by atoms with Crippen LogP contribution in [0.4, 0.5) is 0 Å². The summed E-state index contributed by atoms with van der Waals surface area (Å²) in [6, 6.07) is 16.4. The van der Waals surface area contributed by atoms with E-state index < -0.39 is 5.97 Å². The van der Waals surface area contributed by atoms with E-state index in [1.54, 1.807) is 24.3 Å². The number of carbonyl (C=O) groups excluding carboxylic acids is 1. The van der Waals surface area contributed by atoms with Gasteiger partial charge in [-0.15, -0.1) is 0 Å². The number of nitrogens with zero attached hydrogens (tertiary/aromatic N) is 1. The summed E-state index contributed by atoms with van der Waals surface area (Å²) < 4.78 is 10.7. The molecule has 0 fully saturated rings. The quantitative estimate of drug-likeness (QED) is 0.357. The van der Waals surface area contributed by atoms with E-state index in [2.05, 4.69) is 0 Å². The van der Waals surface area contributed by atoms with Crippen molar-refractivity contribution in [2.24, 2.45) is 0 Å². The molecule has 25 heavy (non-hydrogen) atoms. The van der Waals surface area contributed by atoms with Crippen LogP contribution in [-0.2, 0) is 10.2 Å². The van der Waals surface area contributed by atoms with Gasteiger partial charge in [-0.2, -0.15) is 5.26 Å². The number of hydrogen-bond donors (Lipinski definition) is 0. The number of para-hydroxylation sites is 2. The van der Waals surface area contributed by atoms with E-state index in [4.69, 9.17) is 9.47 Å². The summed E-state index contributed by atoms with van der Waals surface area (Å²) >= 11 is 0. The third-order valence-corrected chi connectivity index (χ3v) is 3.68. The topological polar surface area (TPSA) is 59.3 Å². The minimum Gasteiger partial charge on any atom is -0.496 e. The molecule has 0 bridgehead atoms. The van der Waals surface area contributed by atoms with Crippen LogP contribution in [0.25, 0.3) is 6.08 Å². The first-order valence-corrected chi connectivity index (χ1v) is 7.93. The van der Waals surface area contributed by atoms with Crippen molar-refractivity contribution in [1.29, 1.82) is 5.26 Å². The fraction of sp³-hybridized carbons (Fsp3) is 0.238. The lowest BCUT2D eigenvalue weighted by atomic mass is 9.86. The molecule has 0 radical (unpaired) electrons. The molecule has 0 aromatic heterocycles. The Hall–Kier alpha value is -3.06. The molecule has 0 spiro atoms. The van der Waals surface area contributed by atoms with E-state index in [1.807, 2.05) is 51.1 Å². The van der Waals surface area contributed by atoms with Gasteiger partial charge in [0.15, 0.2) is 0 Å². The molecule has 0 aliphatic rings. The van der Waals surface area contributed by atoms with Gasteiger partial charge in [-0.3, -0.25) is 0 Å². The number of carbonyl (C=O) groups is 1. The van der Waals surface area contributed by atoms with Gasteiger partial charge < -0.3 is 9.47 Å². The zero-order chi connectivity index (χ0) is 18.4. The summed E-state index contributed by atoms with van der Waals surface area (Å²) in [4.78, 5) is 12.5. The molecule has 2 rings (SSSR count). The van der Waals surface area contributed by atoms with Crippen LogP contribution >= 0.6 is 0 Å². The second-order valence-electron chi connectivity index (χ2n) is 6.55. The lowest BCUT2D eigenvalue weighted by molar-refractivity contribution is -0.129. The number of rotatable bonds is 4. The molecule has 0 heterocycles. The lowest BCUT2D eigenvalue weighted by Gasteiger charge is -2.21. The lowest BCUT2D eigenvalue weighted by Crippen LogP contribution is -2.17. The number of nitriles is 1. The number of ether oxygens (including phenoxy) is 2. The number of methoxy groups -OCH3 is 1. The highest BCUT2D eigenvalue weighted by molar-refractivity contribution is 5.99. The minimum absolute atomic E-state index is 0.0896. The Bertz CT molecular complexity index is 839. The Morgan fingerprint density at radius 1 is 1.04 bits per heavy atom. The second kappa shape index (κ2) is 7.67. The van der Waals surface area contributed by atoms with E-state index in [9.17, 15) is 10.1 Å². The van der Waals surface area contributed by atoms with Crippen molar-refractivity contribution in [1.82, 2.24) is 0 Å². The van der Waals surface area contributed by atoms with Crippen molar-refractivity contribution in [3.05, 3.63) is 65.2 Å². The maximum atomic E-state index is 12.5. The van der Waals surface area contributed by atoms with Crippen LogP contribution in [0.5, 0.6) is 11.5 Å². The highest BCUT2D eigenvalue weighted by Gasteiger charge is 2.21. The second-order valence-corrected chi connectivity index (χ2v) is 6.55. The average molecular weight is 335 g/mol. The molecule has 0 aliphatic carbocycles. The fourth-order valence-electron chi connectivity index (χ4n) is 2.41. The largest absolute Gasteiger partial charge is 0.496 e. The Kier molecular flexibility index (Phi) is 5.61. The molecule has 0 saturated heterocycles. The van der Waals surface area contributed by atoms with Crippen molar-refractivity contribution >= 4 is 12.0 Å². The molecule has 0 atom stereocenters. The minimum atomic E-state index is -0.690. The first-order valence-electron chi connectivity index (χ1n) is 7.93. The molecule has 4 nitrogen and oxygen atoms in total. The Labute approximate surface area is 148 Å². The molecule has 128 valence electrons. The van der Waals surface area contributed by atoms with Crippen LogP contribution in [0.2, 0.25) is 0 Å². The number of hydrogen-bond acceptors (Lipinski definition) is 4. The van der Waals surface area contributed by atoms with Crippen molar-refractivity contribution in [2.75, 3.05) is 7.11 Å². The predicted octanol–water partition coefficient (Wildman–Crippen LogP) is 4.51. The Balaban J connectivity index is 2.34. The number of esters is 1. The Morgan fingerprint density at radius 2 is 1.64 bits per heavy atom. The van der Waals surface area contributed by atoms with Crippen molar-refractivity contribution < 1.29 is 14.3 Å². The molecule has 0 unspecified atom stereocenters. The van der Waals surface area contributed by atoms with Gasteiger partial charge in [0.1, 0.15) is 23.1 Å². The van der Waals surface area contributed by atoms with E-state index in [1.165, 1.54) is 13.2 Å². The molecule has 4 heteroatoms. The predicted molar refractivity (Wildman–Crippen MR) is 97.4 cm³/mol. The van der Waals surface area contributed by atoms with Crippen LogP contribution in [0.1, 0.15) is 31.9 Å². The van der Waals surface area contributed by atoms with Crippen LogP contribution < -0.4 is 9.47 Å². The first kappa shape index (κ1) is 18.3. The third-order valence-electron chi connectivity index (χ3n) is 3.68. The molecular weight excluding hydrogens is 314 g/mol. The van der Waals surface area contributed by atoms with Crippen molar-refractivity contribution in [3.8, 4) is 17.6 Å². The molecule has 0 saturated carbocycles. The third kappa shape index (κ3) is 4.48. The zero-order valence-electron chi connectivity index (χ0n) is 14.9. The van der Waals surface area contributed by atoms with Gasteiger partial charge in [-0.25, -0.2) is 4.79 Å². The summed E-state index contributed by atoms with van der Waals surface area (Å²) in [6.45, 7) is 6.11. The van der Waals surface area contributed by atoms with E-state index in [0.717, 1.165) is 5.56 Å². The first-order chi connectivity index (χ1) is 11.9. The molecule has 2 aromatic rings. The van der Waals surface area contributed by atoms with Gasteiger partial charge in [0.25, 0.3) is 0 Å². The van der Waals surface area contributed by atoms with Gasteiger partial charge in [0.05, 0.1) is 7.11 Å². The summed E-state index contributed by atoms with van der Waals surface area (Å²) in [7, 11) is 1.54. The highest BCUT2D eigenvalue weighted by Crippen LogP contribution is 2.31. The molecule has 0 amide bonds. The van der Waals surface area contributed by atoms with Gasteiger partial charge in [0, 0.05) is 11.1 Å². The van der Waals surface area contributed by atoms with E-state index in [-0.39, 0.29) is 11.0 Å². The average Bonchev–Trinajstić information content (AvgIpc) is 2.59. The molecule has 0 aliphatic heterocycles. The van der Waals surface area contributed by atoms with Gasteiger partial charge in [-0.1, -0.05) is 57.2 Å². The summed E-state index contributed by atoms with van der Waals surface area (Å²) in [5.74, 6) is 0.351. The summed E-state index contributed by atoms with van der Waals surface area (Å²) in [5, 5.41) is 9.37. The SMILES string of the molecule is COc1ccccc1/C=C(\C#N)C(=O)Oc1ccccc1C(C)(C)C. The van der Waals surface area contributed by atoms with Crippen LogP contribution in [-0.4, -0.2) is 13.1 Å². The van der Waals surface area contributed by atoms with Gasteiger partial charge >= 0.3 is 5.97 Å². The summed E-state index contributed by atoms with van der Waals surface area (Å²) in [5.41, 5.74) is 1.27. The van der Waals surface area contributed by atoms with Gasteiger partial charge in [0.2, 0.25) is 0 Å². The van der Waals surface area contributed by atoms with E-state index >= 15 is 0 Å². The van der Waals surface area contributed by atoms with Crippen LogP contribution in [0.3, 0.4) is 0 Å². The number of benzene rings is 2. The van der Waals surface area contributed by atoms with Gasteiger partial charge in [-0.05, 0) is 23.6 Å². The van der Waals surface area contributed by atoms with Crippen molar-refractivity contribution in [2.45, 2.75) is 26.2 Å². The molecular formula is C21H21NO3. The standard InChI is InChI=1S/C21H21NO3/c1-21(2,3)17-10-6-8-12-19(17)25-20(23)16(14-22)13-15-9-5-7-11-18(15)24-4/h5-13H,1-4H3/b16-13+. The zero-order valence-corrected chi connectivity index (χ0v) is 14.9. The van der Waals surface area contributed by atoms with E-state index in [0.29, 0.717) is 17.1 Å². The van der Waals surface area contributed by atoms with Crippen molar-refractivity contribution in [3.63, 3.8) is 0 Å². The van der Waals surface area contributed by atoms with Crippen LogP contribution in [0.15, 0.2) is 54.1 Å². The monoisotopic (exact) mass is 335 g/mol.